The van der Waals surface area contributed by atoms with E-state index in [0.29, 0.717) is 23.8 Å². The molecular formula is C37H37F3N6. The van der Waals surface area contributed by atoms with Gasteiger partial charge in [-0.25, -0.2) is 9.97 Å². The van der Waals surface area contributed by atoms with Crippen molar-refractivity contribution in [2.45, 2.75) is 45.1 Å². The third-order valence-corrected chi connectivity index (χ3v) is 8.66. The van der Waals surface area contributed by atoms with Crippen molar-refractivity contribution in [1.82, 2.24) is 19.9 Å². The molecule has 1 saturated heterocycles. The molecule has 0 unspecified atom stereocenters. The molecule has 1 aliphatic heterocycles. The molecule has 0 saturated carbocycles. The van der Waals surface area contributed by atoms with Crippen molar-refractivity contribution in [3.05, 3.63) is 132 Å². The highest BCUT2D eigenvalue weighted by atomic mass is 19.4. The summed E-state index contributed by atoms with van der Waals surface area (Å²) in [6, 6.07) is 28.2. The second-order valence-electron chi connectivity index (χ2n) is 11.9. The van der Waals surface area contributed by atoms with E-state index in [1.54, 1.807) is 24.7 Å². The molecule has 0 aliphatic carbocycles. The zero-order valence-corrected chi connectivity index (χ0v) is 26.0. The summed E-state index contributed by atoms with van der Waals surface area (Å²) in [5.41, 5.74) is 6.34. The Morgan fingerprint density at radius 2 is 1.39 bits per heavy atom. The quantitative estimate of drug-likeness (QED) is 0.165. The maximum absolute atomic E-state index is 13.2. The second kappa shape index (κ2) is 13.7. The van der Waals surface area contributed by atoms with Crippen molar-refractivity contribution < 1.29 is 13.2 Å². The molecule has 5 aromatic rings. The fourth-order valence-corrected chi connectivity index (χ4v) is 5.92. The Labute approximate surface area is 268 Å². The lowest BCUT2D eigenvalue weighted by Gasteiger charge is -2.39. The van der Waals surface area contributed by atoms with Gasteiger partial charge in [0.2, 0.25) is 5.95 Å². The highest BCUT2D eigenvalue weighted by Crippen LogP contribution is 2.32. The maximum Gasteiger partial charge on any atom is 0.416 e. The smallest absolute Gasteiger partial charge is 0.345 e. The fourth-order valence-electron chi connectivity index (χ4n) is 5.92. The number of benzene rings is 3. The first-order chi connectivity index (χ1) is 22.2. The number of aromatic nitrogens is 3. The van der Waals surface area contributed by atoms with Crippen LogP contribution in [0.3, 0.4) is 0 Å². The third-order valence-electron chi connectivity index (χ3n) is 8.66. The summed E-state index contributed by atoms with van der Waals surface area (Å²) in [5.74, 6) is 0.576. The molecule has 0 radical (unpaired) electrons. The van der Waals surface area contributed by atoms with Crippen LogP contribution in [-0.4, -0.2) is 46.0 Å². The van der Waals surface area contributed by atoms with Crippen LogP contribution in [0.4, 0.5) is 30.5 Å². The SMILES string of the molecule is Cc1ccc(CN2CCC(N(Cc3ccc(N(C)c4ccncc4)cc3)c3nccc(-c4ccc(C(F)(F)F)cc4)n3)CC2)cc1. The van der Waals surface area contributed by atoms with Crippen LogP contribution in [0.2, 0.25) is 0 Å². The first-order valence-corrected chi connectivity index (χ1v) is 15.5. The van der Waals surface area contributed by atoms with E-state index in [0.717, 1.165) is 61.5 Å². The van der Waals surface area contributed by atoms with Gasteiger partial charge in [0.05, 0.1) is 11.3 Å². The lowest BCUT2D eigenvalue weighted by molar-refractivity contribution is -0.137. The Hall–Kier alpha value is -4.76. The molecular weight excluding hydrogens is 585 g/mol. The molecule has 0 amide bonds. The predicted octanol–water partition coefficient (Wildman–Crippen LogP) is 8.30. The fraction of sp³-hybridized carbons (Fsp3) is 0.270. The van der Waals surface area contributed by atoms with E-state index < -0.39 is 11.7 Å². The summed E-state index contributed by atoms with van der Waals surface area (Å²) in [6.45, 7) is 5.52. The third kappa shape index (κ3) is 7.54. The minimum Gasteiger partial charge on any atom is -0.345 e. The summed E-state index contributed by atoms with van der Waals surface area (Å²) >= 11 is 0. The van der Waals surface area contributed by atoms with Crippen LogP contribution in [0.1, 0.15) is 35.1 Å². The Balaban J connectivity index is 1.23. The van der Waals surface area contributed by atoms with Crippen molar-refractivity contribution in [2.24, 2.45) is 0 Å². The normalized spacial score (nSPS) is 14.3. The molecule has 3 aromatic carbocycles. The molecule has 0 spiro atoms. The molecule has 1 fully saturated rings. The van der Waals surface area contributed by atoms with Crippen molar-refractivity contribution in [3.8, 4) is 11.3 Å². The molecule has 0 N–H and O–H groups in total. The molecule has 0 bridgehead atoms. The number of anilines is 3. The standard InChI is InChI=1S/C37H37F3N6/c1-27-3-5-28(6-4-27)25-45-23-18-34(19-24-45)46(26-29-7-13-32(14-8-29)44(2)33-15-20-41-21-16-33)36-42-22-17-35(43-36)30-9-11-31(12-10-30)37(38,39)40/h3-17,20-22,34H,18-19,23-26H2,1-2H3. The van der Waals surface area contributed by atoms with Gasteiger partial charge >= 0.3 is 6.18 Å². The molecule has 6 nitrogen and oxygen atoms in total. The number of rotatable bonds is 9. The molecule has 3 heterocycles. The molecule has 6 rings (SSSR count). The van der Waals surface area contributed by atoms with E-state index in [2.05, 4.69) is 80.1 Å². The van der Waals surface area contributed by atoms with E-state index in [-0.39, 0.29) is 6.04 Å². The van der Waals surface area contributed by atoms with Gasteiger partial charge in [0.1, 0.15) is 0 Å². The number of alkyl halides is 3. The van der Waals surface area contributed by atoms with Gasteiger partial charge in [-0.2, -0.15) is 13.2 Å². The lowest BCUT2D eigenvalue weighted by Crippen LogP contribution is -2.45. The first kappa shape index (κ1) is 31.2. The first-order valence-electron chi connectivity index (χ1n) is 15.5. The number of halogens is 3. The Morgan fingerprint density at radius 3 is 2.04 bits per heavy atom. The number of hydrogen-bond donors (Lipinski definition) is 0. The van der Waals surface area contributed by atoms with Crippen molar-refractivity contribution in [2.75, 3.05) is 29.9 Å². The van der Waals surface area contributed by atoms with Gasteiger partial charge in [0.25, 0.3) is 0 Å². The zero-order valence-electron chi connectivity index (χ0n) is 26.0. The van der Waals surface area contributed by atoms with Gasteiger partial charge in [-0.3, -0.25) is 9.88 Å². The van der Waals surface area contributed by atoms with Crippen molar-refractivity contribution in [3.63, 3.8) is 0 Å². The summed E-state index contributed by atoms with van der Waals surface area (Å²) in [4.78, 5) is 20.6. The predicted molar refractivity (Wildman–Crippen MR) is 177 cm³/mol. The summed E-state index contributed by atoms with van der Waals surface area (Å²) < 4.78 is 39.6. The Morgan fingerprint density at radius 1 is 0.761 bits per heavy atom. The van der Waals surface area contributed by atoms with Gasteiger partial charge in [-0.15, -0.1) is 0 Å². The molecule has 236 valence electrons. The molecule has 9 heteroatoms. The molecule has 46 heavy (non-hydrogen) atoms. The minimum absolute atomic E-state index is 0.205. The number of likely N-dealkylation sites (tertiary alicyclic amines) is 1. The maximum atomic E-state index is 13.2. The minimum atomic E-state index is -4.39. The van der Waals surface area contributed by atoms with Crippen LogP contribution in [0, 0.1) is 6.92 Å². The topological polar surface area (TPSA) is 48.4 Å². The molecule has 0 atom stereocenters. The van der Waals surface area contributed by atoms with Gasteiger partial charge in [-0.05, 0) is 73.4 Å². The number of aryl methyl sites for hydroxylation is 1. The van der Waals surface area contributed by atoms with E-state index in [1.807, 2.05) is 19.2 Å². The van der Waals surface area contributed by atoms with Crippen LogP contribution < -0.4 is 9.80 Å². The van der Waals surface area contributed by atoms with Crippen LogP contribution in [0.25, 0.3) is 11.3 Å². The van der Waals surface area contributed by atoms with E-state index in [4.69, 9.17) is 4.98 Å². The van der Waals surface area contributed by atoms with Crippen LogP contribution in [0.5, 0.6) is 0 Å². The van der Waals surface area contributed by atoms with Crippen molar-refractivity contribution in [1.29, 1.82) is 0 Å². The van der Waals surface area contributed by atoms with Crippen molar-refractivity contribution >= 4 is 17.3 Å². The Kier molecular flexibility index (Phi) is 9.30. The van der Waals surface area contributed by atoms with Gasteiger partial charge < -0.3 is 9.80 Å². The zero-order chi connectivity index (χ0) is 32.1. The summed E-state index contributed by atoms with van der Waals surface area (Å²) in [7, 11) is 2.03. The van der Waals surface area contributed by atoms with Gasteiger partial charge in [0, 0.05) is 74.8 Å². The highest BCUT2D eigenvalue weighted by molar-refractivity contribution is 5.63. The summed E-state index contributed by atoms with van der Waals surface area (Å²) in [5, 5.41) is 0. The molecule has 1 aliphatic rings. The number of piperidine rings is 1. The second-order valence-corrected chi connectivity index (χ2v) is 11.9. The van der Waals surface area contributed by atoms with Gasteiger partial charge in [-0.1, -0.05) is 54.1 Å². The number of pyridine rings is 1. The largest absolute Gasteiger partial charge is 0.416 e. The van der Waals surface area contributed by atoms with Crippen LogP contribution in [-0.2, 0) is 19.3 Å². The van der Waals surface area contributed by atoms with E-state index in [1.165, 1.54) is 23.3 Å². The van der Waals surface area contributed by atoms with Crippen LogP contribution in [0.15, 0.2) is 110 Å². The lowest BCUT2D eigenvalue weighted by atomic mass is 10.0. The van der Waals surface area contributed by atoms with Crippen LogP contribution >= 0.6 is 0 Å². The number of nitrogens with zero attached hydrogens (tertiary/aromatic N) is 6. The summed E-state index contributed by atoms with van der Waals surface area (Å²) in [6.07, 6.45) is 2.77. The van der Waals surface area contributed by atoms with Gasteiger partial charge in [0.15, 0.2) is 0 Å². The highest BCUT2D eigenvalue weighted by Gasteiger charge is 2.30. The van der Waals surface area contributed by atoms with E-state index >= 15 is 0 Å². The monoisotopic (exact) mass is 622 g/mol. The average molecular weight is 623 g/mol. The molecule has 2 aromatic heterocycles. The van der Waals surface area contributed by atoms with E-state index in [9.17, 15) is 13.2 Å². The number of hydrogen-bond acceptors (Lipinski definition) is 6. The Bertz CT molecular complexity index is 1700. The average Bonchev–Trinajstić information content (AvgIpc) is 3.09.